The smallest absolute Gasteiger partial charge is 0.164 e. The Balaban J connectivity index is 1.51. The molecule has 2 aliphatic heterocycles. The molecule has 0 N–H and O–H groups in total. The minimum atomic E-state index is 0.222. The zero-order valence-electron chi connectivity index (χ0n) is 13.0. The van der Waals surface area contributed by atoms with Crippen molar-refractivity contribution in [1.82, 2.24) is 4.90 Å². The molecule has 2 saturated heterocycles. The molecule has 2 fully saturated rings. The molecule has 0 atom stereocenters. The standard InChI is InChI=1S/C17H24N2O3/c20-17(5-6-18-7-11-21-12-8-18)15-1-3-16(4-2-15)19-9-13-22-14-10-19/h1-4H,5-14H2. The van der Waals surface area contributed by atoms with E-state index in [1.165, 1.54) is 5.69 Å². The Kier molecular flexibility index (Phi) is 5.43. The normalized spacial score (nSPS) is 20.1. The molecular formula is C17H24N2O3. The van der Waals surface area contributed by atoms with Crippen LogP contribution >= 0.6 is 0 Å². The molecule has 1 aromatic carbocycles. The number of ketones is 1. The minimum absolute atomic E-state index is 0.222. The lowest BCUT2D eigenvalue weighted by molar-refractivity contribution is 0.0370. The Hall–Kier alpha value is -1.43. The fraction of sp³-hybridized carbons (Fsp3) is 0.588. The zero-order chi connectivity index (χ0) is 15.2. The molecule has 0 unspecified atom stereocenters. The largest absolute Gasteiger partial charge is 0.379 e. The average molecular weight is 304 g/mol. The number of hydrogen-bond donors (Lipinski definition) is 0. The van der Waals surface area contributed by atoms with E-state index in [9.17, 15) is 4.79 Å². The molecule has 2 aliphatic rings. The summed E-state index contributed by atoms with van der Waals surface area (Å²) in [5, 5.41) is 0. The number of nitrogens with zero attached hydrogens (tertiary/aromatic N) is 2. The van der Waals surface area contributed by atoms with E-state index >= 15 is 0 Å². The van der Waals surface area contributed by atoms with Gasteiger partial charge in [0.2, 0.25) is 0 Å². The van der Waals surface area contributed by atoms with Crippen molar-refractivity contribution in [3.8, 4) is 0 Å². The van der Waals surface area contributed by atoms with Gasteiger partial charge >= 0.3 is 0 Å². The van der Waals surface area contributed by atoms with Crippen LogP contribution in [-0.4, -0.2) is 69.8 Å². The highest BCUT2D eigenvalue weighted by atomic mass is 16.5. The van der Waals surface area contributed by atoms with Crippen LogP contribution in [0.3, 0.4) is 0 Å². The maximum Gasteiger partial charge on any atom is 0.164 e. The number of ether oxygens (including phenoxy) is 2. The van der Waals surface area contributed by atoms with Gasteiger partial charge < -0.3 is 14.4 Å². The Morgan fingerprint density at radius 2 is 1.50 bits per heavy atom. The lowest BCUT2D eigenvalue weighted by Gasteiger charge is -2.29. The van der Waals surface area contributed by atoms with Crippen LogP contribution in [0.5, 0.6) is 0 Å². The third kappa shape index (κ3) is 4.06. The van der Waals surface area contributed by atoms with Gasteiger partial charge in [0.05, 0.1) is 26.4 Å². The van der Waals surface area contributed by atoms with Crippen LogP contribution in [0.25, 0.3) is 0 Å². The van der Waals surface area contributed by atoms with E-state index < -0.39 is 0 Å². The highest BCUT2D eigenvalue weighted by Crippen LogP contribution is 2.17. The maximum absolute atomic E-state index is 12.3. The highest BCUT2D eigenvalue weighted by Gasteiger charge is 2.14. The second kappa shape index (κ2) is 7.72. The molecule has 0 amide bonds. The van der Waals surface area contributed by atoms with Crippen molar-refractivity contribution in [2.75, 3.05) is 64.1 Å². The molecule has 0 bridgehead atoms. The van der Waals surface area contributed by atoms with Crippen LogP contribution in [0.2, 0.25) is 0 Å². The van der Waals surface area contributed by atoms with Crippen molar-refractivity contribution in [2.24, 2.45) is 0 Å². The third-order valence-corrected chi connectivity index (χ3v) is 4.32. The molecule has 1 aromatic rings. The van der Waals surface area contributed by atoms with E-state index in [0.717, 1.165) is 64.7 Å². The van der Waals surface area contributed by atoms with Gasteiger partial charge in [-0.05, 0) is 24.3 Å². The summed E-state index contributed by atoms with van der Waals surface area (Å²) in [6.07, 6.45) is 0.580. The fourth-order valence-corrected chi connectivity index (χ4v) is 2.91. The summed E-state index contributed by atoms with van der Waals surface area (Å²) in [5.41, 5.74) is 1.98. The van der Waals surface area contributed by atoms with E-state index in [2.05, 4.69) is 9.80 Å². The fourth-order valence-electron chi connectivity index (χ4n) is 2.91. The second-order valence-electron chi connectivity index (χ2n) is 5.77. The Morgan fingerprint density at radius 1 is 0.909 bits per heavy atom. The molecule has 0 radical (unpaired) electrons. The summed E-state index contributed by atoms with van der Waals surface area (Å²) in [6.45, 7) is 7.65. The SMILES string of the molecule is O=C(CCN1CCOCC1)c1ccc(N2CCOCC2)cc1. The number of benzene rings is 1. The molecule has 2 heterocycles. The molecule has 120 valence electrons. The van der Waals surface area contributed by atoms with Gasteiger partial charge in [-0.1, -0.05) is 0 Å². The van der Waals surface area contributed by atoms with Crippen molar-refractivity contribution in [2.45, 2.75) is 6.42 Å². The molecule has 0 saturated carbocycles. The summed E-state index contributed by atoms with van der Waals surface area (Å²) >= 11 is 0. The van der Waals surface area contributed by atoms with Gasteiger partial charge in [-0.2, -0.15) is 0 Å². The lowest BCUT2D eigenvalue weighted by Crippen LogP contribution is -2.37. The first-order valence-corrected chi connectivity index (χ1v) is 8.09. The van der Waals surface area contributed by atoms with Gasteiger partial charge in [0.1, 0.15) is 0 Å². The molecule has 5 heteroatoms. The second-order valence-corrected chi connectivity index (χ2v) is 5.77. The number of carbonyl (C=O) groups excluding carboxylic acids is 1. The van der Waals surface area contributed by atoms with Crippen LogP contribution in [-0.2, 0) is 9.47 Å². The van der Waals surface area contributed by atoms with Crippen LogP contribution in [0.15, 0.2) is 24.3 Å². The van der Waals surface area contributed by atoms with Crippen molar-refractivity contribution < 1.29 is 14.3 Å². The van der Waals surface area contributed by atoms with Gasteiger partial charge in [0, 0.05) is 50.4 Å². The molecule has 0 aromatic heterocycles. The van der Waals surface area contributed by atoms with Crippen molar-refractivity contribution in [3.05, 3.63) is 29.8 Å². The number of Topliss-reactive ketones (excluding diaryl/α,β-unsaturated/α-hetero) is 1. The number of morpholine rings is 2. The molecular weight excluding hydrogens is 280 g/mol. The van der Waals surface area contributed by atoms with E-state index in [4.69, 9.17) is 9.47 Å². The Labute approximate surface area is 131 Å². The zero-order valence-corrected chi connectivity index (χ0v) is 13.0. The van der Waals surface area contributed by atoms with Crippen molar-refractivity contribution in [3.63, 3.8) is 0 Å². The first-order valence-electron chi connectivity index (χ1n) is 8.09. The van der Waals surface area contributed by atoms with Crippen LogP contribution < -0.4 is 4.90 Å². The van der Waals surface area contributed by atoms with Gasteiger partial charge in [0.15, 0.2) is 5.78 Å². The topological polar surface area (TPSA) is 42.0 Å². The van der Waals surface area contributed by atoms with E-state index in [0.29, 0.717) is 6.42 Å². The van der Waals surface area contributed by atoms with Crippen LogP contribution in [0, 0.1) is 0 Å². The first-order chi connectivity index (χ1) is 10.8. The molecule has 22 heavy (non-hydrogen) atoms. The number of anilines is 1. The summed E-state index contributed by atoms with van der Waals surface area (Å²) in [6, 6.07) is 8.00. The predicted molar refractivity (Wildman–Crippen MR) is 85.7 cm³/mol. The predicted octanol–water partition coefficient (Wildman–Crippen LogP) is 1.43. The van der Waals surface area contributed by atoms with Crippen LogP contribution in [0.4, 0.5) is 5.69 Å². The lowest BCUT2D eigenvalue weighted by atomic mass is 10.1. The molecule has 0 aliphatic carbocycles. The van der Waals surface area contributed by atoms with Crippen molar-refractivity contribution in [1.29, 1.82) is 0 Å². The van der Waals surface area contributed by atoms with Gasteiger partial charge in [-0.15, -0.1) is 0 Å². The number of rotatable bonds is 5. The van der Waals surface area contributed by atoms with Gasteiger partial charge in [0.25, 0.3) is 0 Å². The number of carbonyl (C=O) groups is 1. The summed E-state index contributed by atoms with van der Waals surface area (Å²) in [4.78, 5) is 16.9. The van der Waals surface area contributed by atoms with Gasteiger partial charge in [-0.3, -0.25) is 9.69 Å². The highest BCUT2D eigenvalue weighted by molar-refractivity contribution is 5.96. The number of hydrogen-bond acceptors (Lipinski definition) is 5. The van der Waals surface area contributed by atoms with E-state index in [1.54, 1.807) is 0 Å². The summed E-state index contributed by atoms with van der Waals surface area (Å²) < 4.78 is 10.7. The van der Waals surface area contributed by atoms with Gasteiger partial charge in [-0.25, -0.2) is 0 Å². The third-order valence-electron chi connectivity index (χ3n) is 4.32. The minimum Gasteiger partial charge on any atom is -0.379 e. The molecule has 5 nitrogen and oxygen atoms in total. The molecule has 0 spiro atoms. The van der Waals surface area contributed by atoms with Crippen LogP contribution in [0.1, 0.15) is 16.8 Å². The Bertz CT molecular complexity index is 477. The first kappa shape index (κ1) is 15.5. The quantitative estimate of drug-likeness (QED) is 0.770. The van der Waals surface area contributed by atoms with E-state index in [1.807, 2.05) is 24.3 Å². The monoisotopic (exact) mass is 304 g/mol. The maximum atomic E-state index is 12.3. The molecule has 3 rings (SSSR count). The summed E-state index contributed by atoms with van der Waals surface area (Å²) in [7, 11) is 0. The van der Waals surface area contributed by atoms with E-state index in [-0.39, 0.29) is 5.78 Å². The Morgan fingerprint density at radius 3 is 2.14 bits per heavy atom. The average Bonchev–Trinajstić information content (AvgIpc) is 2.61. The van der Waals surface area contributed by atoms with Crippen molar-refractivity contribution >= 4 is 11.5 Å². The summed E-state index contributed by atoms with van der Waals surface area (Å²) in [5.74, 6) is 0.222.